The van der Waals surface area contributed by atoms with Gasteiger partial charge in [-0.1, -0.05) is 59.6 Å². The second-order valence-electron chi connectivity index (χ2n) is 7.37. The number of amides is 1. The van der Waals surface area contributed by atoms with Crippen LogP contribution in [0.1, 0.15) is 40.4 Å². The molecule has 0 aliphatic rings. The van der Waals surface area contributed by atoms with Crippen LogP contribution in [0.5, 0.6) is 0 Å². The summed E-state index contributed by atoms with van der Waals surface area (Å²) in [6.07, 6.45) is 1.17. The number of rotatable bonds is 6. The van der Waals surface area contributed by atoms with Crippen molar-refractivity contribution in [1.29, 1.82) is 0 Å². The molecule has 1 amide bonds. The van der Waals surface area contributed by atoms with Crippen LogP contribution < -0.4 is 5.32 Å². The van der Waals surface area contributed by atoms with Gasteiger partial charge in [0.2, 0.25) is 0 Å². The summed E-state index contributed by atoms with van der Waals surface area (Å²) in [7, 11) is 0. The molecule has 3 aromatic carbocycles. The van der Waals surface area contributed by atoms with Crippen molar-refractivity contribution >= 4 is 34.8 Å². The summed E-state index contributed by atoms with van der Waals surface area (Å²) in [6, 6.07) is 20.3. The van der Waals surface area contributed by atoms with Gasteiger partial charge in [-0.15, -0.1) is 0 Å². The van der Waals surface area contributed by atoms with Gasteiger partial charge in [0.1, 0.15) is 0 Å². The minimum Gasteiger partial charge on any atom is -0.385 e. The lowest BCUT2D eigenvalue weighted by Gasteiger charge is -2.24. The van der Waals surface area contributed by atoms with Gasteiger partial charge in [-0.05, 0) is 73.7 Å². The standard InChI is InChI=1S/C24H23Cl2NO2/c1-16-5-3-4-6-22(16)27-23(28)18-9-7-17(8-10-18)13-14-24(2,29)19-11-12-20(25)21(26)15-19/h3-12,15,29H,13-14H2,1-2H3,(H,27,28). The molecule has 0 aromatic heterocycles. The Morgan fingerprint density at radius 3 is 2.34 bits per heavy atom. The molecule has 0 bridgehead atoms. The Morgan fingerprint density at radius 2 is 1.69 bits per heavy atom. The average molecular weight is 428 g/mol. The zero-order valence-electron chi connectivity index (χ0n) is 16.4. The van der Waals surface area contributed by atoms with Crippen LogP contribution in [0, 0.1) is 6.92 Å². The van der Waals surface area contributed by atoms with Crippen molar-refractivity contribution in [1.82, 2.24) is 0 Å². The van der Waals surface area contributed by atoms with Gasteiger partial charge in [-0.3, -0.25) is 4.79 Å². The lowest BCUT2D eigenvalue weighted by molar-refractivity contribution is 0.0480. The van der Waals surface area contributed by atoms with Crippen molar-refractivity contribution in [3.8, 4) is 0 Å². The fourth-order valence-electron chi connectivity index (χ4n) is 3.09. The second-order valence-corrected chi connectivity index (χ2v) is 8.18. The molecule has 3 nitrogen and oxygen atoms in total. The molecule has 0 saturated carbocycles. The predicted octanol–water partition coefficient (Wildman–Crippen LogP) is 6.39. The number of anilines is 1. The molecule has 29 heavy (non-hydrogen) atoms. The van der Waals surface area contributed by atoms with Crippen molar-refractivity contribution in [2.75, 3.05) is 5.32 Å². The van der Waals surface area contributed by atoms with Gasteiger partial charge in [0.05, 0.1) is 15.6 Å². The SMILES string of the molecule is Cc1ccccc1NC(=O)c1ccc(CCC(C)(O)c2ccc(Cl)c(Cl)c2)cc1. The van der Waals surface area contributed by atoms with Crippen LogP contribution in [0.25, 0.3) is 0 Å². The Morgan fingerprint density at radius 1 is 1.00 bits per heavy atom. The molecule has 0 aliphatic carbocycles. The molecule has 0 spiro atoms. The maximum Gasteiger partial charge on any atom is 0.255 e. The number of nitrogens with one attached hydrogen (secondary N) is 1. The summed E-state index contributed by atoms with van der Waals surface area (Å²) in [5.74, 6) is -0.145. The first-order chi connectivity index (χ1) is 13.8. The first-order valence-corrected chi connectivity index (χ1v) is 10.2. The Bertz CT molecular complexity index is 1010. The van der Waals surface area contributed by atoms with Crippen LogP contribution in [0.2, 0.25) is 10.0 Å². The molecule has 2 N–H and O–H groups in total. The minimum atomic E-state index is -1.03. The number of halogens is 2. The summed E-state index contributed by atoms with van der Waals surface area (Å²) in [6.45, 7) is 3.72. The van der Waals surface area contributed by atoms with Gasteiger partial charge in [-0.25, -0.2) is 0 Å². The highest BCUT2D eigenvalue weighted by atomic mass is 35.5. The Labute approximate surface area is 181 Å². The Balaban J connectivity index is 1.63. The molecule has 0 heterocycles. The molecule has 3 aromatic rings. The summed E-state index contributed by atoms with van der Waals surface area (Å²) in [5, 5.41) is 14.6. The number of carbonyl (C=O) groups is 1. The third-order valence-electron chi connectivity index (χ3n) is 5.05. The Hall–Kier alpha value is -2.33. The van der Waals surface area contributed by atoms with Crippen molar-refractivity contribution in [2.24, 2.45) is 0 Å². The Kier molecular flexibility index (Phi) is 6.63. The van der Waals surface area contributed by atoms with Gasteiger partial charge in [-0.2, -0.15) is 0 Å². The van der Waals surface area contributed by atoms with E-state index in [0.717, 1.165) is 22.4 Å². The number of para-hydroxylation sites is 1. The van der Waals surface area contributed by atoms with E-state index in [1.165, 1.54) is 0 Å². The molecule has 5 heteroatoms. The van der Waals surface area contributed by atoms with Crippen molar-refractivity contribution in [3.05, 3.63) is 99.0 Å². The maximum atomic E-state index is 12.5. The van der Waals surface area contributed by atoms with E-state index < -0.39 is 5.60 Å². The third kappa shape index (κ3) is 5.39. The van der Waals surface area contributed by atoms with E-state index in [0.29, 0.717) is 28.5 Å². The highest BCUT2D eigenvalue weighted by molar-refractivity contribution is 6.42. The smallest absolute Gasteiger partial charge is 0.255 e. The van der Waals surface area contributed by atoms with E-state index in [9.17, 15) is 9.90 Å². The minimum absolute atomic E-state index is 0.145. The van der Waals surface area contributed by atoms with Crippen molar-refractivity contribution in [2.45, 2.75) is 32.3 Å². The summed E-state index contributed by atoms with van der Waals surface area (Å²) in [5.41, 5.74) is 3.14. The molecule has 0 saturated heterocycles. The molecule has 1 atom stereocenters. The second kappa shape index (κ2) is 9.00. The summed E-state index contributed by atoms with van der Waals surface area (Å²) in [4.78, 5) is 12.5. The predicted molar refractivity (Wildman–Crippen MR) is 120 cm³/mol. The number of hydrogen-bond donors (Lipinski definition) is 2. The van der Waals surface area contributed by atoms with E-state index in [1.807, 2.05) is 43.3 Å². The fraction of sp³-hybridized carbons (Fsp3) is 0.208. The molecular weight excluding hydrogens is 405 g/mol. The zero-order chi connectivity index (χ0) is 21.0. The van der Waals surface area contributed by atoms with E-state index >= 15 is 0 Å². The lowest BCUT2D eigenvalue weighted by Crippen LogP contribution is -2.22. The van der Waals surface area contributed by atoms with Gasteiger partial charge in [0, 0.05) is 11.3 Å². The monoisotopic (exact) mass is 427 g/mol. The fourth-order valence-corrected chi connectivity index (χ4v) is 3.39. The van der Waals surface area contributed by atoms with E-state index in [1.54, 1.807) is 37.3 Å². The summed E-state index contributed by atoms with van der Waals surface area (Å²) >= 11 is 12.0. The normalized spacial score (nSPS) is 13.0. The average Bonchev–Trinajstić information content (AvgIpc) is 2.70. The largest absolute Gasteiger partial charge is 0.385 e. The maximum absolute atomic E-state index is 12.5. The van der Waals surface area contributed by atoms with E-state index in [2.05, 4.69) is 5.32 Å². The van der Waals surface area contributed by atoms with Gasteiger partial charge in [0.15, 0.2) is 0 Å². The van der Waals surface area contributed by atoms with Crippen LogP contribution in [0.3, 0.4) is 0 Å². The molecular formula is C24H23Cl2NO2. The van der Waals surface area contributed by atoms with Crippen LogP contribution in [0.4, 0.5) is 5.69 Å². The number of benzene rings is 3. The number of aryl methyl sites for hydroxylation is 2. The molecule has 3 rings (SSSR count). The highest BCUT2D eigenvalue weighted by Gasteiger charge is 2.23. The third-order valence-corrected chi connectivity index (χ3v) is 5.79. The van der Waals surface area contributed by atoms with Crippen LogP contribution in [-0.4, -0.2) is 11.0 Å². The molecule has 0 fully saturated rings. The van der Waals surface area contributed by atoms with Gasteiger partial charge < -0.3 is 10.4 Å². The van der Waals surface area contributed by atoms with Gasteiger partial charge >= 0.3 is 0 Å². The highest BCUT2D eigenvalue weighted by Crippen LogP contribution is 2.31. The van der Waals surface area contributed by atoms with Crippen LogP contribution in [-0.2, 0) is 12.0 Å². The number of hydrogen-bond acceptors (Lipinski definition) is 2. The lowest BCUT2D eigenvalue weighted by atomic mass is 9.89. The molecule has 1 unspecified atom stereocenters. The summed E-state index contributed by atoms with van der Waals surface area (Å²) < 4.78 is 0. The number of carbonyl (C=O) groups excluding carboxylic acids is 1. The number of aliphatic hydroxyl groups is 1. The van der Waals surface area contributed by atoms with E-state index in [4.69, 9.17) is 23.2 Å². The quantitative estimate of drug-likeness (QED) is 0.478. The van der Waals surface area contributed by atoms with Crippen LogP contribution in [0.15, 0.2) is 66.7 Å². The first kappa shape index (κ1) is 21.4. The molecule has 150 valence electrons. The molecule has 0 aliphatic heterocycles. The zero-order valence-corrected chi connectivity index (χ0v) is 17.9. The topological polar surface area (TPSA) is 49.3 Å². The van der Waals surface area contributed by atoms with Gasteiger partial charge in [0.25, 0.3) is 5.91 Å². The first-order valence-electron chi connectivity index (χ1n) is 9.40. The van der Waals surface area contributed by atoms with Crippen molar-refractivity contribution < 1.29 is 9.90 Å². The van der Waals surface area contributed by atoms with Crippen LogP contribution >= 0.6 is 23.2 Å². The van der Waals surface area contributed by atoms with Crippen molar-refractivity contribution in [3.63, 3.8) is 0 Å². The molecule has 0 radical (unpaired) electrons. The van der Waals surface area contributed by atoms with E-state index in [-0.39, 0.29) is 5.91 Å².